The van der Waals surface area contributed by atoms with Gasteiger partial charge in [0.25, 0.3) is 5.91 Å². The van der Waals surface area contributed by atoms with Crippen LogP contribution in [-0.4, -0.2) is 24.2 Å². The Morgan fingerprint density at radius 1 is 1.32 bits per heavy atom. The topological polar surface area (TPSA) is 47.6 Å². The fourth-order valence-electron chi connectivity index (χ4n) is 2.49. The lowest BCUT2D eigenvalue weighted by Crippen LogP contribution is -2.44. The second-order valence-electron chi connectivity index (χ2n) is 6.13. The van der Waals surface area contributed by atoms with Gasteiger partial charge < -0.3 is 14.8 Å². The predicted molar refractivity (Wildman–Crippen MR) is 88.2 cm³/mol. The SMILES string of the molecule is CCOC(C)(C(=O)Nc1ccc(OC(C)CC)cc1)C1CC1. The second kappa shape index (κ2) is 7.14. The van der Waals surface area contributed by atoms with E-state index in [2.05, 4.69) is 12.2 Å². The molecule has 1 amide bonds. The van der Waals surface area contributed by atoms with Gasteiger partial charge in [0.1, 0.15) is 11.4 Å². The normalized spacial score (nSPS) is 18.4. The average molecular weight is 305 g/mol. The van der Waals surface area contributed by atoms with Gasteiger partial charge in [-0.25, -0.2) is 0 Å². The summed E-state index contributed by atoms with van der Waals surface area (Å²) in [5.41, 5.74) is 0.0498. The molecule has 2 atom stereocenters. The van der Waals surface area contributed by atoms with Crippen molar-refractivity contribution in [3.8, 4) is 5.75 Å². The minimum Gasteiger partial charge on any atom is -0.491 e. The first kappa shape index (κ1) is 16.8. The molecule has 0 heterocycles. The molecule has 0 aliphatic heterocycles. The first-order chi connectivity index (χ1) is 10.5. The number of hydrogen-bond acceptors (Lipinski definition) is 3. The molecule has 1 aromatic carbocycles. The van der Waals surface area contributed by atoms with Gasteiger partial charge in [-0.1, -0.05) is 6.92 Å². The van der Waals surface area contributed by atoms with Gasteiger partial charge in [-0.15, -0.1) is 0 Å². The highest BCUT2D eigenvalue weighted by atomic mass is 16.5. The number of benzene rings is 1. The van der Waals surface area contributed by atoms with Crippen molar-refractivity contribution in [1.82, 2.24) is 0 Å². The Labute approximate surface area is 133 Å². The predicted octanol–water partition coefficient (Wildman–Crippen LogP) is 4.01. The molecule has 0 radical (unpaired) electrons. The molecule has 0 aromatic heterocycles. The summed E-state index contributed by atoms with van der Waals surface area (Å²) in [5, 5.41) is 2.96. The molecule has 4 heteroatoms. The molecule has 2 unspecified atom stereocenters. The molecule has 1 aromatic rings. The number of nitrogens with one attached hydrogen (secondary N) is 1. The lowest BCUT2D eigenvalue weighted by Gasteiger charge is -2.28. The lowest BCUT2D eigenvalue weighted by atomic mass is 9.99. The van der Waals surface area contributed by atoms with E-state index in [4.69, 9.17) is 9.47 Å². The number of anilines is 1. The Kier molecular flexibility index (Phi) is 5.46. The van der Waals surface area contributed by atoms with Crippen LogP contribution in [0.4, 0.5) is 5.69 Å². The Morgan fingerprint density at radius 3 is 2.45 bits per heavy atom. The van der Waals surface area contributed by atoms with Gasteiger partial charge >= 0.3 is 0 Å². The Balaban J connectivity index is 1.99. The largest absolute Gasteiger partial charge is 0.491 e. The van der Waals surface area contributed by atoms with Crippen LogP contribution in [0.3, 0.4) is 0 Å². The number of ether oxygens (including phenoxy) is 2. The first-order valence-electron chi connectivity index (χ1n) is 8.21. The minimum absolute atomic E-state index is 0.0626. The molecule has 122 valence electrons. The van der Waals surface area contributed by atoms with E-state index in [1.165, 1.54) is 0 Å². The molecule has 1 N–H and O–H groups in total. The van der Waals surface area contributed by atoms with Crippen molar-refractivity contribution in [2.24, 2.45) is 5.92 Å². The van der Waals surface area contributed by atoms with E-state index in [9.17, 15) is 4.79 Å². The molecule has 4 nitrogen and oxygen atoms in total. The van der Waals surface area contributed by atoms with Crippen LogP contribution in [-0.2, 0) is 9.53 Å². The first-order valence-corrected chi connectivity index (χ1v) is 8.21. The van der Waals surface area contributed by atoms with Crippen molar-refractivity contribution in [3.63, 3.8) is 0 Å². The van der Waals surface area contributed by atoms with Crippen LogP contribution in [0.25, 0.3) is 0 Å². The third kappa shape index (κ3) is 4.01. The summed E-state index contributed by atoms with van der Waals surface area (Å²) in [6, 6.07) is 7.51. The number of carbonyl (C=O) groups is 1. The van der Waals surface area contributed by atoms with Crippen molar-refractivity contribution in [2.75, 3.05) is 11.9 Å². The number of amides is 1. The third-order valence-electron chi connectivity index (χ3n) is 4.28. The van der Waals surface area contributed by atoms with E-state index in [0.29, 0.717) is 12.5 Å². The Hall–Kier alpha value is -1.55. The summed E-state index contributed by atoms with van der Waals surface area (Å²) in [5.74, 6) is 1.09. The highest BCUT2D eigenvalue weighted by Gasteiger charge is 2.48. The maximum atomic E-state index is 12.5. The maximum absolute atomic E-state index is 12.5. The van der Waals surface area contributed by atoms with Gasteiger partial charge in [0.2, 0.25) is 0 Å². The fraction of sp³-hybridized carbons (Fsp3) is 0.611. The monoisotopic (exact) mass is 305 g/mol. The summed E-state index contributed by atoms with van der Waals surface area (Å²) in [6.07, 6.45) is 3.28. The van der Waals surface area contributed by atoms with Crippen molar-refractivity contribution >= 4 is 11.6 Å². The standard InChI is InChI=1S/C18H27NO3/c1-5-13(3)22-16-11-9-15(10-12-16)19-17(20)18(4,21-6-2)14-7-8-14/h9-14H,5-8H2,1-4H3,(H,19,20). The summed E-state index contributed by atoms with van der Waals surface area (Å²) in [7, 11) is 0. The van der Waals surface area contributed by atoms with Crippen LogP contribution in [0.1, 0.15) is 47.0 Å². The van der Waals surface area contributed by atoms with E-state index < -0.39 is 5.60 Å². The van der Waals surface area contributed by atoms with Gasteiger partial charge in [-0.2, -0.15) is 0 Å². The molecule has 0 spiro atoms. The summed E-state index contributed by atoms with van der Waals surface area (Å²) >= 11 is 0. The molecule has 1 saturated carbocycles. The quantitative estimate of drug-likeness (QED) is 0.789. The van der Waals surface area contributed by atoms with Crippen molar-refractivity contribution in [1.29, 1.82) is 0 Å². The van der Waals surface area contributed by atoms with Crippen LogP contribution in [0.15, 0.2) is 24.3 Å². The summed E-state index contributed by atoms with van der Waals surface area (Å²) < 4.78 is 11.5. The Bertz CT molecular complexity index is 496. The third-order valence-corrected chi connectivity index (χ3v) is 4.28. The molecule has 1 aliphatic rings. The molecule has 0 bridgehead atoms. The zero-order valence-corrected chi connectivity index (χ0v) is 14.0. The number of carbonyl (C=O) groups excluding carboxylic acids is 1. The van der Waals surface area contributed by atoms with Gasteiger partial charge in [0, 0.05) is 12.3 Å². The number of rotatable bonds is 8. The zero-order valence-electron chi connectivity index (χ0n) is 14.0. The van der Waals surface area contributed by atoms with Gasteiger partial charge in [-0.05, 0) is 70.2 Å². The smallest absolute Gasteiger partial charge is 0.256 e. The van der Waals surface area contributed by atoms with E-state index in [1.54, 1.807) is 0 Å². The fourth-order valence-corrected chi connectivity index (χ4v) is 2.49. The molecule has 22 heavy (non-hydrogen) atoms. The van der Waals surface area contributed by atoms with Gasteiger partial charge in [-0.3, -0.25) is 4.79 Å². The van der Waals surface area contributed by atoms with Gasteiger partial charge in [0.05, 0.1) is 6.10 Å². The molecule has 0 saturated heterocycles. The molecule has 1 aliphatic carbocycles. The summed E-state index contributed by atoms with van der Waals surface area (Å²) in [6.45, 7) is 8.49. The van der Waals surface area contributed by atoms with Crippen LogP contribution < -0.4 is 10.1 Å². The molecule has 1 fully saturated rings. The molecule has 2 rings (SSSR count). The lowest BCUT2D eigenvalue weighted by molar-refractivity contribution is -0.141. The second-order valence-corrected chi connectivity index (χ2v) is 6.13. The zero-order chi connectivity index (χ0) is 16.2. The van der Waals surface area contributed by atoms with Crippen LogP contribution in [0.2, 0.25) is 0 Å². The van der Waals surface area contributed by atoms with E-state index in [1.807, 2.05) is 45.0 Å². The van der Waals surface area contributed by atoms with Crippen molar-refractivity contribution in [2.45, 2.75) is 58.7 Å². The van der Waals surface area contributed by atoms with Crippen molar-refractivity contribution < 1.29 is 14.3 Å². The van der Waals surface area contributed by atoms with Crippen LogP contribution in [0.5, 0.6) is 5.75 Å². The maximum Gasteiger partial charge on any atom is 0.256 e. The highest BCUT2D eigenvalue weighted by Crippen LogP contribution is 2.42. The van der Waals surface area contributed by atoms with Crippen LogP contribution >= 0.6 is 0 Å². The van der Waals surface area contributed by atoms with Gasteiger partial charge in [0.15, 0.2) is 0 Å². The van der Waals surface area contributed by atoms with E-state index in [-0.39, 0.29) is 12.0 Å². The van der Waals surface area contributed by atoms with Crippen molar-refractivity contribution in [3.05, 3.63) is 24.3 Å². The highest BCUT2D eigenvalue weighted by molar-refractivity contribution is 5.97. The Morgan fingerprint density at radius 2 is 1.95 bits per heavy atom. The average Bonchev–Trinajstić information content (AvgIpc) is 3.34. The number of hydrogen-bond donors (Lipinski definition) is 1. The molecular formula is C18H27NO3. The van der Waals surface area contributed by atoms with Crippen LogP contribution in [0, 0.1) is 5.92 Å². The van der Waals surface area contributed by atoms with E-state index in [0.717, 1.165) is 30.7 Å². The minimum atomic E-state index is -0.722. The molecular weight excluding hydrogens is 278 g/mol. The van der Waals surface area contributed by atoms with E-state index >= 15 is 0 Å². The summed E-state index contributed by atoms with van der Waals surface area (Å²) in [4.78, 5) is 12.5.